The van der Waals surface area contributed by atoms with Crippen LogP contribution in [0.15, 0.2) is 83.0 Å². The van der Waals surface area contributed by atoms with Gasteiger partial charge in [0.2, 0.25) is 0 Å². The van der Waals surface area contributed by atoms with Gasteiger partial charge in [-0.2, -0.15) is 0 Å². The van der Waals surface area contributed by atoms with Crippen molar-refractivity contribution < 1.29 is 19.1 Å². The average molecular weight is 453 g/mol. The number of aliphatic hydroxyl groups is 1. The summed E-state index contributed by atoms with van der Waals surface area (Å²) in [5, 5.41) is 10.9. The number of nitrogens with zero attached hydrogens (tertiary/aromatic N) is 2. The molecule has 1 aliphatic heterocycles. The minimum Gasteiger partial charge on any atom is -0.507 e. The Labute approximate surface area is 174 Å². The van der Waals surface area contributed by atoms with Crippen molar-refractivity contribution in [2.75, 3.05) is 4.90 Å². The Morgan fingerprint density at radius 1 is 1.00 bits per heavy atom. The standard InChI is InChI=1S/C22H14BrFN2O3/c23-15-8-11-17(25-12-15)26-19(13-6-9-16(24)10-7-13)18(21(28)22(26)29)20(27)14-4-2-1-3-5-14/h1-12,19,27H. The summed E-state index contributed by atoms with van der Waals surface area (Å²) in [6.45, 7) is 0. The van der Waals surface area contributed by atoms with E-state index in [2.05, 4.69) is 20.9 Å². The third-order valence-corrected chi connectivity index (χ3v) is 5.11. The molecule has 1 unspecified atom stereocenters. The van der Waals surface area contributed by atoms with Crippen molar-refractivity contribution in [2.45, 2.75) is 6.04 Å². The number of hydrogen-bond donors (Lipinski definition) is 1. The molecule has 1 atom stereocenters. The number of rotatable bonds is 3. The van der Waals surface area contributed by atoms with Crippen LogP contribution in [0.25, 0.3) is 5.76 Å². The fraction of sp³-hybridized carbons (Fsp3) is 0.0455. The first kappa shape index (κ1) is 19.0. The number of aliphatic hydroxyl groups excluding tert-OH is 1. The van der Waals surface area contributed by atoms with E-state index in [9.17, 15) is 19.1 Å². The van der Waals surface area contributed by atoms with E-state index >= 15 is 0 Å². The normalized spacial score (nSPS) is 18.3. The molecular weight excluding hydrogens is 439 g/mol. The molecule has 0 saturated carbocycles. The lowest BCUT2D eigenvalue weighted by molar-refractivity contribution is -0.132. The number of benzene rings is 2. The minimum atomic E-state index is -0.940. The molecule has 1 saturated heterocycles. The molecular formula is C22H14BrFN2O3. The summed E-state index contributed by atoms with van der Waals surface area (Å²) in [5.41, 5.74) is 0.812. The van der Waals surface area contributed by atoms with Crippen LogP contribution in [0.5, 0.6) is 0 Å². The topological polar surface area (TPSA) is 70.5 Å². The van der Waals surface area contributed by atoms with Crippen molar-refractivity contribution in [3.8, 4) is 0 Å². The van der Waals surface area contributed by atoms with Gasteiger partial charge >= 0.3 is 5.91 Å². The molecule has 144 valence electrons. The van der Waals surface area contributed by atoms with E-state index in [1.807, 2.05) is 0 Å². The van der Waals surface area contributed by atoms with Crippen molar-refractivity contribution in [1.29, 1.82) is 0 Å². The van der Waals surface area contributed by atoms with E-state index in [0.29, 0.717) is 15.6 Å². The molecule has 7 heteroatoms. The average Bonchev–Trinajstić information content (AvgIpc) is 3.00. The number of carbonyl (C=O) groups excluding carboxylic acids is 2. The number of carbonyl (C=O) groups is 2. The quantitative estimate of drug-likeness (QED) is 0.357. The van der Waals surface area contributed by atoms with Crippen LogP contribution in [0.2, 0.25) is 0 Å². The van der Waals surface area contributed by atoms with Gasteiger partial charge < -0.3 is 5.11 Å². The van der Waals surface area contributed by atoms with Crippen molar-refractivity contribution >= 4 is 39.2 Å². The minimum absolute atomic E-state index is 0.0717. The van der Waals surface area contributed by atoms with Crippen LogP contribution in [0.1, 0.15) is 17.2 Å². The summed E-state index contributed by atoms with van der Waals surface area (Å²) < 4.78 is 14.2. The highest BCUT2D eigenvalue weighted by atomic mass is 79.9. The molecule has 0 bridgehead atoms. The van der Waals surface area contributed by atoms with Crippen LogP contribution in [-0.4, -0.2) is 21.8 Å². The Bertz CT molecular complexity index is 1110. The first-order valence-corrected chi connectivity index (χ1v) is 9.50. The summed E-state index contributed by atoms with van der Waals surface area (Å²) >= 11 is 3.29. The van der Waals surface area contributed by atoms with Gasteiger partial charge in [-0.15, -0.1) is 0 Å². The first-order chi connectivity index (χ1) is 14.0. The fourth-order valence-corrected chi connectivity index (χ4v) is 3.53. The van der Waals surface area contributed by atoms with E-state index < -0.39 is 23.5 Å². The molecule has 4 rings (SSSR count). The lowest BCUT2D eigenvalue weighted by Crippen LogP contribution is -2.30. The first-order valence-electron chi connectivity index (χ1n) is 8.71. The summed E-state index contributed by atoms with van der Waals surface area (Å²) in [6, 6.07) is 16.3. The predicted molar refractivity (Wildman–Crippen MR) is 110 cm³/mol. The van der Waals surface area contributed by atoms with Crippen LogP contribution >= 0.6 is 15.9 Å². The van der Waals surface area contributed by atoms with Crippen LogP contribution in [0, 0.1) is 5.82 Å². The maximum absolute atomic E-state index is 13.5. The highest BCUT2D eigenvalue weighted by molar-refractivity contribution is 9.10. The predicted octanol–water partition coefficient (Wildman–Crippen LogP) is 4.61. The lowest BCUT2D eigenvalue weighted by atomic mass is 9.95. The monoisotopic (exact) mass is 452 g/mol. The summed E-state index contributed by atoms with van der Waals surface area (Å²) in [5.74, 6) is -2.14. The Hall–Kier alpha value is -3.32. The molecule has 0 radical (unpaired) electrons. The number of ketones is 1. The van der Waals surface area contributed by atoms with Crippen LogP contribution < -0.4 is 4.90 Å². The number of amides is 1. The van der Waals surface area contributed by atoms with Gasteiger partial charge in [-0.1, -0.05) is 42.5 Å². The number of pyridine rings is 1. The zero-order valence-electron chi connectivity index (χ0n) is 14.9. The van der Waals surface area contributed by atoms with E-state index in [1.165, 1.54) is 35.4 Å². The van der Waals surface area contributed by atoms with Gasteiger partial charge in [-0.05, 0) is 45.8 Å². The highest BCUT2D eigenvalue weighted by Gasteiger charge is 2.47. The van der Waals surface area contributed by atoms with Gasteiger partial charge in [-0.3, -0.25) is 14.5 Å². The highest BCUT2D eigenvalue weighted by Crippen LogP contribution is 2.41. The molecule has 2 heterocycles. The van der Waals surface area contributed by atoms with Crippen molar-refractivity contribution in [2.24, 2.45) is 0 Å². The van der Waals surface area contributed by atoms with Crippen molar-refractivity contribution in [3.05, 3.63) is 99.9 Å². The SMILES string of the molecule is O=C1C(=O)N(c2ccc(Br)cn2)C(c2ccc(F)cc2)C1=C(O)c1ccccc1. The zero-order valence-corrected chi connectivity index (χ0v) is 16.5. The number of anilines is 1. The molecule has 2 aromatic carbocycles. The molecule has 1 fully saturated rings. The maximum Gasteiger partial charge on any atom is 0.301 e. The molecule has 1 aliphatic rings. The molecule has 1 amide bonds. The molecule has 3 aromatic rings. The molecule has 0 aliphatic carbocycles. The third kappa shape index (κ3) is 3.45. The molecule has 1 N–H and O–H groups in total. The smallest absolute Gasteiger partial charge is 0.301 e. The third-order valence-electron chi connectivity index (χ3n) is 4.64. The number of aromatic nitrogens is 1. The molecule has 0 spiro atoms. The lowest BCUT2D eigenvalue weighted by Gasteiger charge is -2.24. The van der Waals surface area contributed by atoms with E-state index in [0.717, 1.165) is 0 Å². The van der Waals surface area contributed by atoms with Gasteiger partial charge in [0.05, 0.1) is 11.6 Å². The second-order valence-electron chi connectivity index (χ2n) is 6.42. The van der Waals surface area contributed by atoms with Gasteiger partial charge in [0, 0.05) is 16.2 Å². The van der Waals surface area contributed by atoms with E-state index in [4.69, 9.17) is 0 Å². The summed E-state index contributed by atoms with van der Waals surface area (Å²) in [7, 11) is 0. The van der Waals surface area contributed by atoms with Gasteiger partial charge in [0.1, 0.15) is 17.4 Å². The van der Waals surface area contributed by atoms with Crippen LogP contribution in [0.3, 0.4) is 0 Å². The molecule has 1 aromatic heterocycles. The Morgan fingerprint density at radius 3 is 2.31 bits per heavy atom. The zero-order chi connectivity index (χ0) is 20.5. The summed E-state index contributed by atoms with van der Waals surface area (Å²) in [4.78, 5) is 31.2. The van der Waals surface area contributed by atoms with E-state index in [-0.39, 0.29) is 17.2 Å². The molecule has 29 heavy (non-hydrogen) atoms. The van der Waals surface area contributed by atoms with Gasteiger partial charge in [-0.25, -0.2) is 9.37 Å². The largest absolute Gasteiger partial charge is 0.507 e. The Balaban J connectivity index is 1.94. The second-order valence-corrected chi connectivity index (χ2v) is 7.34. The maximum atomic E-state index is 13.5. The van der Waals surface area contributed by atoms with Crippen molar-refractivity contribution in [1.82, 2.24) is 4.98 Å². The fourth-order valence-electron chi connectivity index (χ4n) is 3.29. The number of hydrogen-bond acceptors (Lipinski definition) is 4. The second kappa shape index (κ2) is 7.60. The van der Waals surface area contributed by atoms with Crippen LogP contribution in [0.4, 0.5) is 10.2 Å². The van der Waals surface area contributed by atoms with Crippen LogP contribution in [-0.2, 0) is 9.59 Å². The van der Waals surface area contributed by atoms with Gasteiger partial charge in [0.15, 0.2) is 0 Å². The number of halogens is 2. The Morgan fingerprint density at radius 2 is 1.69 bits per heavy atom. The van der Waals surface area contributed by atoms with Gasteiger partial charge in [0.25, 0.3) is 5.78 Å². The Kier molecular flexibility index (Phi) is 4.98. The summed E-state index contributed by atoms with van der Waals surface area (Å²) in [6.07, 6.45) is 1.51. The van der Waals surface area contributed by atoms with E-state index in [1.54, 1.807) is 42.5 Å². The number of Topliss-reactive ketones (excluding diaryl/α,β-unsaturated/α-hetero) is 1. The molecule has 5 nitrogen and oxygen atoms in total. The van der Waals surface area contributed by atoms with Crippen molar-refractivity contribution in [3.63, 3.8) is 0 Å².